The summed E-state index contributed by atoms with van der Waals surface area (Å²) < 4.78 is 4.68. The van der Waals surface area contributed by atoms with Crippen LogP contribution in [0.2, 0.25) is 0 Å². The number of hydrogen-bond acceptors (Lipinski definition) is 3. The highest BCUT2D eigenvalue weighted by Gasteiger charge is 2.26. The molecular weight excluding hydrogens is 755 g/mol. The minimum atomic E-state index is 0.555. The van der Waals surface area contributed by atoms with E-state index < -0.39 is 0 Å². The lowest BCUT2D eigenvalue weighted by Crippen LogP contribution is -2.06. The van der Waals surface area contributed by atoms with Gasteiger partial charge in [0, 0.05) is 38.4 Å². The van der Waals surface area contributed by atoms with Gasteiger partial charge in [-0.25, -0.2) is 4.98 Å². The van der Waals surface area contributed by atoms with Crippen molar-refractivity contribution in [3.05, 3.63) is 224 Å². The minimum Gasteiger partial charge on any atom is -0.309 e. The van der Waals surface area contributed by atoms with Crippen molar-refractivity contribution in [2.24, 2.45) is 0 Å². The number of nitrogens with zero attached hydrogens (tertiary/aromatic N) is 5. The van der Waals surface area contributed by atoms with E-state index in [9.17, 15) is 0 Å². The van der Waals surface area contributed by atoms with E-state index in [1.165, 1.54) is 11.1 Å². The molecule has 0 saturated heterocycles. The first kappa shape index (κ1) is 35.5. The van der Waals surface area contributed by atoms with Gasteiger partial charge < -0.3 is 4.57 Å². The van der Waals surface area contributed by atoms with E-state index in [-0.39, 0.29) is 0 Å². The zero-order chi connectivity index (χ0) is 41.0. The van der Waals surface area contributed by atoms with Crippen molar-refractivity contribution >= 4 is 43.6 Å². The fraction of sp³-hybridized carbons (Fsp3) is 0. The summed E-state index contributed by atoms with van der Waals surface area (Å²) in [5, 5.41) is 4.57. The molecule has 0 saturated carbocycles. The molecule has 0 spiro atoms. The van der Waals surface area contributed by atoms with Crippen molar-refractivity contribution in [2.45, 2.75) is 0 Å². The summed E-state index contributed by atoms with van der Waals surface area (Å²) in [7, 11) is 0. The molecule has 0 aliphatic rings. The van der Waals surface area contributed by atoms with E-state index in [1.54, 1.807) is 0 Å². The Morgan fingerprint density at radius 1 is 0.290 bits per heavy atom. The van der Waals surface area contributed by atoms with Gasteiger partial charge in [-0.1, -0.05) is 182 Å². The van der Waals surface area contributed by atoms with Gasteiger partial charge >= 0.3 is 0 Å². The Morgan fingerprint density at radius 2 is 0.742 bits per heavy atom. The molecule has 0 aliphatic carbocycles. The van der Waals surface area contributed by atoms with Crippen molar-refractivity contribution in [3.63, 3.8) is 0 Å². The maximum Gasteiger partial charge on any atom is 0.238 e. The van der Waals surface area contributed by atoms with Crippen LogP contribution in [-0.2, 0) is 0 Å². The van der Waals surface area contributed by atoms with Crippen LogP contribution in [0.3, 0.4) is 0 Å². The zero-order valence-corrected chi connectivity index (χ0v) is 33.6. The van der Waals surface area contributed by atoms with Gasteiger partial charge in [0.25, 0.3) is 0 Å². The molecule has 3 heterocycles. The molecular formula is C57H37N5. The molecule has 62 heavy (non-hydrogen) atoms. The molecule has 5 nitrogen and oxygen atoms in total. The summed E-state index contributed by atoms with van der Waals surface area (Å²) in [6.07, 6.45) is 0. The first-order chi connectivity index (χ1) is 30.8. The monoisotopic (exact) mass is 791 g/mol. The molecule has 12 rings (SSSR count). The minimum absolute atomic E-state index is 0.555. The van der Waals surface area contributed by atoms with Gasteiger partial charge in [-0.2, -0.15) is 9.97 Å². The summed E-state index contributed by atoms with van der Waals surface area (Å²) in [5.74, 6) is 1.76. The van der Waals surface area contributed by atoms with Crippen LogP contribution in [0, 0.1) is 0 Å². The van der Waals surface area contributed by atoms with Crippen molar-refractivity contribution in [1.82, 2.24) is 24.1 Å². The van der Waals surface area contributed by atoms with Gasteiger partial charge in [0.2, 0.25) is 5.95 Å². The van der Waals surface area contributed by atoms with Crippen molar-refractivity contribution in [2.75, 3.05) is 0 Å². The predicted molar refractivity (Wildman–Crippen MR) is 256 cm³/mol. The second-order valence-corrected chi connectivity index (χ2v) is 15.6. The molecule has 0 atom stereocenters. The lowest BCUT2D eigenvalue weighted by Gasteiger charge is -2.14. The number of benzene rings is 9. The molecule has 0 unspecified atom stereocenters. The highest BCUT2D eigenvalue weighted by molar-refractivity contribution is 6.29. The number of hydrogen-bond donors (Lipinski definition) is 0. The van der Waals surface area contributed by atoms with Crippen LogP contribution in [-0.4, -0.2) is 24.1 Å². The maximum absolute atomic E-state index is 5.46. The van der Waals surface area contributed by atoms with Gasteiger partial charge in [0.1, 0.15) is 0 Å². The van der Waals surface area contributed by atoms with E-state index >= 15 is 0 Å². The van der Waals surface area contributed by atoms with E-state index in [4.69, 9.17) is 15.0 Å². The summed E-state index contributed by atoms with van der Waals surface area (Å²) in [6, 6.07) is 79.2. The Labute approximate surface area is 358 Å². The van der Waals surface area contributed by atoms with Gasteiger partial charge in [-0.05, 0) is 75.8 Å². The number of rotatable bonds is 7. The first-order valence-corrected chi connectivity index (χ1v) is 21.0. The van der Waals surface area contributed by atoms with Crippen LogP contribution in [0.4, 0.5) is 0 Å². The lowest BCUT2D eigenvalue weighted by atomic mass is 9.97. The summed E-state index contributed by atoms with van der Waals surface area (Å²) >= 11 is 0. The van der Waals surface area contributed by atoms with Crippen LogP contribution < -0.4 is 0 Å². The number of para-hydroxylation sites is 3. The van der Waals surface area contributed by atoms with E-state index in [1.807, 2.05) is 18.2 Å². The SMILES string of the molecule is c1ccc(-c2cccc(-c3cccc(-c4nc(-c5ccccc5)nc(-n5c6ccccc6c6c(-c7ccccc7)cc7c(c8ccccc8n7-c7ccccc7)c65)n4)c3)c2)cc1. The van der Waals surface area contributed by atoms with Crippen molar-refractivity contribution in [1.29, 1.82) is 0 Å². The Morgan fingerprint density at radius 3 is 1.39 bits per heavy atom. The van der Waals surface area contributed by atoms with Gasteiger partial charge in [0.15, 0.2) is 11.6 Å². The summed E-state index contributed by atoms with van der Waals surface area (Å²) in [5.41, 5.74) is 14.1. The fourth-order valence-electron chi connectivity index (χ4n) is 9.17. The molecule has 12 aromatic rings. The molecule has 3 aromatic heterocycles. The third kappa shape index (κ3) is 5.90. The van der Waals surface area contributed by atoms with E-state index in [2.05, 4.69) is 215 Å². The lowest BCUT2D eigenvalue weighted by molar-refractivity contribution is 0.955. The van der Waals surface area contributed by atoms with Gasteiger partial charge in [-0.3, -0.25) is 4.57 Å². The fourth-order valence-corrected chi connectivity index (χ4v) is 9.17. The second kappa shape index (κ2) is 14.7. The molecule has 0 radical (unpaired) electrons. The third-order valence-corrected chi connectivity index (χ3v) is 12.0. The second-order valence-electron chi connectivity index (χ2n) is 15.6. The molecule has 9 aromatic carbocycles. The Balaban J connectivity index is 1.17. The summed E-state index contributed by atoms with van der Waals surface area (Å²) in [6.45, 7) is 0. The smallest absolute Gasteiger partial charge is 0.238 e. The molecule has 0 N–H and O–H groups in total. The van der Waals surface area contributed by atoms with Crippen LogP contribution in [0.5, 0.6) is 0 Å². The zero-order valence-electron chi connectivity index (χ0n) is 33.6. The largest absolute Gasteiger partial charge is 0.309 e. The van der Waals surface area contributed by atoms with Gasteiger partial charge in [0.05, 0.1) is 22.1 Å². The van der Waals surface area contributed by atoms with Crippen molar-refractivity contribution < 1.29 is 0 Å². The van der Waals surface area contributed by atoms with Crippen LogP contribution in [0.1, 0.15) is 0 Å². The van der Waals surface area contributed by atoms with E-state index in [0.717, 1.165) is 82.7 Å². The Bertz CT molecular complexity index is 3610. The van der Waals surface area contributed by atoms with Crippen molar-refractivity contribution in [3.8, 4) is 67.8 Å². The standard InChI is InChI=1S/C57H37N5/c1-5-19-38(20-6-1)41-25-17-26-42(35-41)43-27-18-28-44(36-43)56-58-55(40-23-9-3-10-24-40)59-57(60-56)62-50-34-16-13-31-46(50)52-48(39-21-7-2-8-22-39)37-51-53(54(52)62)47-32-14-15-33-49(47)61(51)45-29-11-4-12-30-45/h1-37H. The molecule has 0 bridgehead atoms. The molecule has 0 aliphatic heterocycles. The number of aromatic nitrogens is 5. The maximum atomic E-state index is 5.46. The van der Waals surface area contributed by atoms with Gasteiger partial charge in [-0.15, -0.1) is 0 Å². The first-order valence-electron chi connectivity index (χ1n) is 21.0. The molecule has 0 amide bonds. The predicted octanol–water partition coefficient (Wildman–Crippen LogP) is 14.4. The van der Waals surface area contributed by atoms with Crippen LogP contribution in [0.25, 0.3) is 111 Å². The molecule has 290 valence electrons. The Hall–Kier alpha value is -8.41. The number of fused-ring (bicyclic) bond motifs is 7. The average Bonchev–Trinajstić information content (AvgIpc) is 3.88. The molecule has 5 heteroatoms. The average molecular weight is 792 g/mol. The van der Waals surface area contributed by atoms with E-state index in [0.29, 0.717) is 17.6 Å². The molecule has 0 fully saturated rings. The normalized spacial score (nSPS) is 11.5. The summed E-state index contributed by atoms with van der Waals surface area (Å²) in [4.78, 5) is 16.1. The topological polar surface area (TPSA) is 48.5 Å². The third-order valence-electron chi connectivity index (χ3n) is 12.0. The van der Waals surface area contributed by atoms with Crippen LogP contribution in [0.15, 0.2) is 224 Å². The Kier molecular flexibility index (Phi) is 8.42. The highest BCUT2D eigenvalue weighted by Crippen LogP contribution is 2.46. The quantitative estimate of drug-likeness (QED) is 0.162. The van der Waals surface area contributed by atoms with Crippen LogP contribution >= 0.6 is 0 Å². The highest BCUT2D eigenvalue weighted by atomic mass is 15.2.